The van der Waals surface area contributed by atoms with Crippen LogP contribution >= 0.6 is 11.6 Å². The Morgan fingerprint density at radius 2 is 2.15 bits per heavy atom. The fourth-order valence-corrected chi connectivity index (χ4v) is 2.70. The topological polar surface area (TPSA) is 106 Å². The number of aromatic nitrogens is 4. The van der Waals surface area contributed by atoms with E-state index < -0.39 is 11.5 Å². The van der Waals surface area contributed by atoms with E-state index in [9.17, 15) is 10.1 Å². The van der Waals surface area contributed by atoms with Crippen molar-refractivity contribution in [1.82, 2.24) is 19.7 Å². The van der Waals surface area contributed by atoms with E-state index in [0.717, 1.165) is 12.8 Å². The van der Waals surface area contributed by atoms with Gasteiger partial charge in [-0.2, -0.15) is 10.4 Å². The van der Waals surface area contributed by atoms with Crippen LogP contribution in [0.25, 0.3) is 0 Å². The maximum atomic E-state index is 12.1. The quantitative estimate of drug-likeness (QED) is 0.800. The molecule has 0 bridgehead atoms. The summed E-state index contributed by atoms with van der Waals surface area (Å²) >= 11 is 6.19. The minimum absolute atomic E-state index is 0.00796. The van der Waals surface area contributed by atoms with Crippen LogP contribution in [0.2, 0.25) is 5.15 Å². The second kappa shape index (κ2) is 6.57. The molecule has 0 unspecified atom stereocenters. The van der Waals surface area contributed by atoms with E-state index in [2.05, 4.69) is 26.5 Å². The van der Waals surface area contributed by atoms with E-state index >= 15 is 0 Å². The van der Waals surface area contributed by atoms with Crippen LogP contribution in [0.15, 0.2) is 6.20 Å². The molecule has 136 valence electrons. The van der Waals surface area contributed by atoms with Crippen LogP contribution < -0.4 is 5.32 Å². The van der Waals surface area contributed by atoms with Crippen LogP contribution in [0.4, 0.5) is 11.5 Å². The van der Waals surface area contributed by atoms with Gasteiger partial charge >= 0.3 is 5.97 Å². The molecule has 9 heteroatoms. The summed E-state index contributed by atoms with van der Waals surface area (Å²) in [6, 6.07) is 2.19. The number of hydrogen-bond acceptors (Lipinski definition) is 7. The summed E-state index contributed by atoms with van der Waals surface area (Å²) in [5.74, 6) is -0.101. The Balaban J connectivity index is 2.03. The number of ether oxygens (including phenoxy) is 1. The smallest absolute Gasteiger partial charge is 0.360 e. The predicted octanol–water partition coefficient (Wildman–Crippen LogP) is 3.30. The van der Waals surface area contributed by atoms with Crippen molar-refractivity contribution in [3.8, 4) is 6.07 Å². The Morgan fingerprint density at radius 1 is 1.46 bits per heavy atom. The lowest BCUT2D eigenvalue weighted by Gasteiger charge is -2.15. The number of carbonyl (C=O) groups is 1. The molecule has 1 aliphatic carbocycles. The number of nitrogens with one attached hydrogen (secondary N) is 1. The van der Waals surface area contributed by atoms with Gasteiger partial charge < -0.3 is 10.1 Å². The summed E-state index contributed by atoms with van der Waals surface area (Å²) in [4.78, 5) is 20.8. The highest BCUT2D eigenvalue weighted by atomic mass is 35.5. The van der Waals surface area contributed by atoms with Crippen molar-refractivity contribution in [3.05, 3.63) is 28.4 Å². The second-order valence-electron chi connectivity index (χ2n) is 6.73. The van der Waals surface area contributed by atoms with Crippen LogP contribution in [-0.4, -0.2) is 32.8 Å². The number of nitrogens with zero attached hydrogens (tertiary/aromatic N) is 5. The Hall–Kier alpha value is -2.66. The Labute approximate surface area is 156 Å². The Morgan fingerprint density at radius 3 is 2.73 bits per heavy atom. The molecule has 1 fully saturated rings. The summed E-state index contributed by atoms with van der Waals surface area (Å²) < 4.78 is 6.35. The van der Waals surface area contributed by atoms with Gasteiger partial charge in [0.2, 0.25) is 0 Å². The van der Waals surface area contributed by atoms with Crippen molar-refractivity contribution in [3.63, 3.8) is 0 Å². The predicted molar refractivity (Wildman–Crippen MR) is 95.5 cm³/mol. The number of anilines is 2. The molecule has 2 aromatic rings. The average Bonchev–Trinajstić information content (AvgIpc) is 3.39. The molecule has 26 heavy (non-hydrogen) atoms. The highest BCUT2D eigenvalue weighted by Crippen LogP contribution is 2.42. The second-order valence-corrected chi connectivity index (χ2v) is 7.09. The molecule has 0 saturated heterocycles. The van der Waals surface area contributed by atoms with Crippen molar-refractivity contribution in [2.75, 3.05) is 12.4 Å². The summed E-state index contributed by atoms with van der Waals surface area (Å²) in [7, 11) is 1.27. The van der Waals surface area contributed by atoms with Gasteiger partial charge in [0.15, 0.2) is 16.7 Å². The van der Waals surface area contributed by atoms with E-state index in [0.29, 0.717) is 17.1 Å². The molecule has 0 amide bonds. The number of methoxy groups -OCH3 is 1. The standard InChI is InChI=1S/C17H19ClN6O2/c1-9-11(7-24(23-9)17(2,3)8-19)20-15-13(16(25)26-4)21-14(18)12(22-15)10-5-6-10/h7,10H,5-6H2,1-4H3,(H,20,22). The van der Waals surface area contributed by atoms with Crippen LogP contribution in [0.5, 0.6) is 0 Å². The number of hydrogen-bond donors (Lipinski definition) is 1. The van der Waals surface area contributed by atoms with E-state index in [1.807, 2.05) is 0 Å². The van der Waals surface area contributed by atoms with Gasteiger partial charge in [-0.25, -0.2) is 14.8 Å². The average molecular weight is 375 g/mol. The summed E-state index contributed by atoms with van der Waals surface area (Å²) in [6.07, 6.45) is 3.70. The molecule has 0 aromatic carbocycles. The first-order chi connectivity index (χ1) is 12.3. The minimum atomic E-state index is -0.805. The van der Waals surface area contributed by atoms with Gasteiger partial charge in [0, 0.05) is 5.92 Å². The van der Waals surface area contributed by atoms with Crippen molar-refractivity contribution in [2.24, 2.45) is 0 Å². The third kappa shape index (κ3) is 3.35. The molecule has 1 aliphatic rings. The lowest BCUT2D eigenvalue weighted by Crippen LogP contribution is -2.24. The molecule has 2 aromatic heterocycles. The molecular formula is C17H19ClN6O2. The highest BCUT2D eigenvalue weighted by molar-refractivity contribution is 6.30. The lowest BCUT2D eigenvalue weighted by atomic mass is 10.1. The van der Waals surface area contributed by atoms with Crippen LogP contribution in [-0.2, 0) is 10.3 Å². The molecule has 1 saturated carbocycles. The van der Waals surface area contributed by atoms with Crippen LogP contribution in [0.3, 0.4) is 0 Å². The van der Waals surface area contributed by atoms with Crippen LogP contribution in [0.1, 0.15) is 54.5 Å². The van der Waals surface area contributed by atoms with Gasteiger partial charge in [-0.1, -0.05) is 11.6 Å². The van der Waals surface area contributed by atoms with Crippen LogP contribution in [0, 0.1) is 18.3 Å². The summed E-state index contributed by atoms with van der Waals surface area (Å²) in [5.41, 5.74) is 1.16. The highest BCUT2D eigenvalue weighted by Gasteiger charge is 2.31. The maximum Gasteiger partial charge on any atom is 0.360 e. The molecule has 0 spiro atoms. The van der Waals surface area contributed by atoms with Crippen molar-refractivity contribution >= 4 is 29.1 Å². The van der Waals surface area contributed by atoms with E-state index in [4.69, 9.17) is 16.3 Å². The first kappa shape index (κ1) is 18.1. The van der Waals surface area contributed by atoms with E-state index in [1.54, 1.807) is 31.6 Å². The molecule has 8 nitrogen and oxygen atoms in total. The molecule has 0 radical (unpaired) electrons. The molecule has 1 N–H and O–H groups in total. The molecule has 0 aliphatic heterocycles. The van der Waals surface area contributed by atoms with Gasteiger partial charge in [0.25, 0.3) is 0 Å². The SMILES string of the molecule is COC(=O)c1nc(Cl)c(C2CC2)nc1Nc1cn(C(C)(C)C#N)nc1C. The van der Waals surface area contributed by atoms with Crippen molar-refractivity contribution < 1.29 is 9.53 Å². The largest absolute Gasteiger partial charge is 0.464 e. The number of esters is 1. The van der Waals surface area contributed by atoms with Gasteiger partial charge in [-0.05, 0) is 33.6 Å². The fraction of sp³-hybridized carbons (Fsp3) is 0.471. The zero-order valence-corrected chi connectivity index (χ0v) is 15.8. The number of halogens is 1. The van der Waals surface area contributed by atoms with E-state index in [-0.39, 0.29) is 22.6 Å². The Bertz CT molecular complexity index is 911. The van der Waals surface area contributed by atoms with Gasteiger partial charge in [-0.15, -0.1) is 0 Å². The third-order valence-electron chi connectivity index (χ3n) is 4.22. The number of carbonyl (C=O) groups excluding carboxylic acids is 1. The summed E-state index contributed by atoms with van der Waals surface area (Å²) in [5, 5.41) is 17.0. The lowest BCUT2D eigenvalue weighted by molar-refractivity contribution is 0.0595. The zero-order chi connectivity index (χ0) is 19.1. The molecule has 3 rings (SSSR count). The Kier molecular flexibility index (Phi) is 4.59. The van der Waals surface area contributed by atoms with Gasteiger partial charge in [0.1, 0.15) is 5.54 Å². The van der Waals surface area contributed by atoms with Crippen molar-refractivity contribution in [1.29, 1.82) is 5.26 Å². The number of aryl methyl sites for hydroxylation is 1. The molecular weight excluding hydrogens is 356 g/mol. The number of nitriles is 1. The summed E-state index contributed by atoms with van der Waals surface area (Å²) in [6.45, 7) is 5.32. The van der Waals surface area contributed by atoms with Crippen molar-refractivity contribution in [2.45, 2.75) is 45.1 Å². The van der Waals surface area contributed by atoms with Gasteiger partial charge in [-0.3, -0.25) is 4.68 Å². The third-order valence-corrected chi connectivity index (χ3v) is 4.50. The number of rotatable bonds is 5. The first-order valence-electron chi connectivity index (χ1n) is 8.17. The fourth-order valence-electron chi connectivity index (χ4n) is 2.42. The minimum Gasteiger partial charge on any atom is -0.464 e. The first-order valence-corrected chi connectivity index (χ1v) is 8.55. The normalized spacial score (nSPS) is 14.0. The zero-order valence-electron chi connectivity index (χ0n) is 15.0. The molecule has 2 heterocycles. The van der Waals surface area contributed by atoms with E-state index in [1.165, 1.54) is 7.11 Å². The maximum absolute atomic E-state index is 12.1. The molecule has 0 atom stereocenters. The monoisotopic (exact) mass is 374 g/mol. The van der Waals surface area contributed by atoms with Gasteiger partial charge in [0.05, 0.1) is 36.5 Å².